The largest absolute Gasteiger partial charge is 0.361 e. The second-order valence-electron chi connectivity index (χ2n) is 10.6. The number of H-pyrrole nitrogens is 2. The number of hydrogen-bond acceptors (Lipinski definition) is 4. The Morgan fingerprint density at radius 2 is 2.22 bits per heavy atom. The van der Waals surface area contributed by atoms with E-state index in [-0.39, 0.29) is 23.3 Å². The van der Waals surface area contributed by atoms with Crippen LogP contribution in [0.4, 0.5) is 0 Å². The Morgan fingerprint density at radius 3 is 3.00 bits per heavy atom. The quantitative estimate of drug-likeness (QED) is 0.634. The number of benzene rings is 1. The van der Waals surface area contributed by atoms with Gasteiger partial charge in [0.05, 0.1) is 5.41 Å². The fraction of sp³-hybridized carbons (Fsp3) is 0.520. The Labute approximate surface area is 186 Å². The van der Waals surface area contributed by atoms with E-state index in [0.29, 0.717) is 18.3 Å². The molecule has 1 saturated heterocycles. The van der Waals surface area contributed by atoms with Crippen LogP contribution in [0.2, 0.25) is 0 Å². The maximum atomic E-state index is 13.6. The van der Waals surface area contributed by atoms with Crippen molar-refractivity contribution in [3.05, 3.63) is 53.1 Å². The van der Waals surface area contributed by atoms with Gasteiger partial charge >= 0.3 is 0 Å². The molecule has 0 radical (unpaired) electrons. The topological polar surface area (TPSA) is 90.6 Å². The molecular formula is C25H28N6O. The highest BCUT2D eigenvalue weighted by Gasteiger charge is 2.53. The average Bonchev–Trinajstić information content (AvgIpc) is 3.28. The third-order valence-electron chi connectivity index (χ3n) is 8.33. The van der Waals surface area contributed by atoms with Crippen LogP contribution in [0.3, 0.4) is 0 Å². The summed E-state index contributed by atoms with van der Waals surface area (Å²) < 4.78 is 0. The van der Waals surface area contributed by atoms with E-state index < -0.39 is 0 Å². The van der Waals surface area contributed by atoms with E-state index in [9.17, 15) is 4.79 Å². The van der Waals surface area contributed by atoms with Crippen LogP contribution in [0.1, 0.15) is 80.7 Å². The summed E-state index contributed by atoms with van der Waals surface area (Å²) in [5.74, 6) is 2.53. The number of allylic oxidation sites excluding steroid dienone is 2. The number of tetrazole rings is 1. The van der Waals surface area contributed by atoms with E-state index >= 15 is 0 Å². The fourth-order valence-corrected chi connectivity index (χ4v) is 6.93. The zero-order valence-corrected chi connectivity index (χ0v) is 18.3. The number of carbonyl (C=O) groups excluding carboxylic acids is 1. The molecule has 3 fully saturated rings. The van der Waals surface area contributed by atoms with Gasteiger partial charge in [0.25, 0.3) is 0 Å². The summed E-state index contributed by atoms with van der Waals surface area (Å²) in [4.78, 5) is 19.2. The highest BCUT2D eigenvalue weighted by molar-refractivity contribution is 5.89. The first-order chi connectivity index (χ1) is 15.6. The fourth-order valence-electron chi connectivity index (χ4n) is 6.93. The van der Waals surface area contributed by atoms with Crippen LogP contribution in [-0.4, -0.2) is 42.5 Å². The van der Waals surface area contributed by atoms with Gasteiger partial charge in [-0.05, 0) is 73.5 Å². The van der Waals surface area contributed by atoms with Crippen molar-refractivity contribution < 1.29 is 4.79 Å². The number of rotatable bonds is 5. The lowest BCUT2D eigenvalue weighted by atomic mass is 9.59. The maximum Gasteiger partial charge on any atom is 0.227 e. The van der Waals surface area contributed by atoms with Gasteiger partial charge in [-0.1, -0.05) is 30.3 Å². The minimum absolute atomic E-state index is 0.146. The molecule has 4 heterocycles. The lowest BCUT2D eigenvalue weighted by Crippen LogP contribution is -2.56. The third-order valence-corrected chi connectivity index (χ3v) is 8.33. The third kappa shape index (κ3) is 2.66. The average molecular weight is 429 g/mol. The summed E-state index contributed by atoms with van der Waals surface area (Å²) in [6.07, 6.45) is 11.6. The first kappa shape index (κ1) is 18.6. The van der Waals surface area contributed by atoms with Crippen molar-refractivity contribution in [1.29, 1.82) is 0 Å². The normalized spacial score (nSPS) is 29.5. The van der Waals surface area contributed by atoms with E-state index in [1.807, 2.05) is 0 Å². The van der Waals surface area contributed by atoms with Gasteiger partial charge in [0.2, 0.25) is 5.91 Å². The Balaban J connectivity index is 1.18. The minimum Gasteiger partial charge on any atom is -0.361 e. The molecule has 1 aromatic carbocycles. The smallest absolute Gasteiger partial charge is 0.227 e. The number of fused-ring (bicyclic) bond motifs is 1. The van der Waals surface area contributed by atoms with Crippen molar-refractivity contribution >= 4 is 16.8 Å². The maximum absolute atomic E-state index is 13.6. The highest BCUT2D eigenvalue weighted by Crippen LogP contribution is 2.55. The van der Waals surface area contributed by atoms with Crippen molar-refractivity contribution in [2.45, 2.75) is 75.2 Å². The molecule has 2 aromatic heterocycles. The van der Waals surface area contributed by atoms with Crippen LogP contribution in [0, 0.1) is 5.92 Å². The second-order valence-corrected chi connectivity index (χ2v) is 10.6. The van der Waals surface area contributed by atoms with Crippen molar-refractivity contribution in [2.75, 3.05) is 0 Å². The van der Waals surface area contributed by atoms with Gasteiger partial charge in [-0.2, -0.15) is 5.21 Å². The van der Waals surface area contributed by atoms with Crippen molar-refractivity contribution in [3.8, 4) is 0 Å². The Morgan fingerprint density at radius 1 is 1.31 bits per heavy atom. The van der Waals surface area contributed by atoms with E-state index in [0.717, 1.165) is 31.5 Å². The number of aromatic nitrogens is 5. The van der Waals surface area contributed by atoms with Gasteiger partial charge < -0.3 is 9.88 Å². The molecule has 8 rings (SSSR count). The summed E-state index contributed by atoms with van der Waals surface area (Å²) >= 11 is 0. The molecule has 2 saturated carbocycles. The summed E-state index contributed by atoms with van der Waals surface area (Å²) in [5.41, 5.74) is 4.98. The van der Waals surface area contributed by atoms with Crippen LogP contribution in [0.15, 0.2) is 36.2 Å². The molecule has 4 atom stereocenters. The SMILES string of the molecule is CC(CC(=O)N1C2=CC3(c4nn[nH]n4)CC(C2)CC1C3)c1c[nH]c2cccc(C3CC3)c12. The number of aromatic amines is 2. The molecule has 4 bridgehead atoms. The Bertz CT molecular complexity index is 1240. The molecule has 164 valence electrons. The van der Waals surface area contributed by atoms with Crippen molar-refractivity contribution in [3.63, 3.8) is 0 Å². The molecule has 2 N–H and O–H groups in total. The molecule has 32 heavy (non-hydrogen) atoms. The lowest BCUT2D eigenvalue weighted by molar-refractivity contribution is -0.135. The molecule has 7 nitrogen and oxygen atoms in total. The highest BCUT2D eigenvalue weighted by atomic mass is 16.2. The van der Waals surface area contributed by atoms with Crippen molar-refractivity contribution in [1.82, 2.24) is 30.5 Å². The zero-order valence-electron chi connectivity index (χ0n) is 18.3. The predicted molar refractivity (Wildman–Crippen MR) is 120 cm³/mol. The summed E-state index contributed by atoms with van der Waals surface area (Å²) in [5, 5.41) is 16.4. The number of carbonyl (C=O) groups is 1. The number of piperidine rings is 1. The molecule has 3 aromatic rings. The number of hydrogen-bond donors (Lipinski definition) is 2. The molecule has 1 amide bonds. The molecule has 2 aliphatic heterocycles. The minimum atomic E-state index is -0.146. The first-order valence-electron chi connectivity index (χ1n) is 12.0. The number of nitrogens with zero attached hydrogens (tertiary/aromatic N) is 4. The Hall–Kier alpha value is -2.96. The van der Waals surface area contributed by atoms with Gasteiger partial charge in [0, 0.05) is 35.3 Å². The number of nitrogens with one attached hydrogen (secondary N) is 2. The summed E-state index contributed by atoms with van der Waals surface area (Å²) in [6.45, 7) is 2.20. The van der Waals surface area contributed by atoms with Crippen LogP contribution >= 0.6 is 0 Å². The summed E-state index contributed by atoms with van der Waals surface area (Å²) in [7, 11) is 0. The Kier molecular flexibility index (Phi) is 3.79. The van der Waals surface area contributed by atoms with E-state index in [4.69, 9.17) is 0 Å². The van der Waals surface area contributed by atoms with Gasteiger partial charge in [0.15, 0.2) is 5.82 Å². The molecular weight excluding hydrogens is 400 g/mol. The molecule has 0 spiro atoms. The second kappa shape index (κ2) is 6.53. The molecule has 3 aliphatic carbocycles. The van der Waals surface area contributed by atoms with Crippen LogP contribution in [0.5, 0.6) is 0 Å². The van der Waals surface area contributed by atoms with E-state index in [1.165, 1.54) is 40.6 Å². The lowest BCUT2D eigenvalue weighted by Gasteiger charge is -2.55. The van der Waals surface area contributed by atoms with Gasteiger partial charge in [-0.25, -0.2) is 0 Å². The van der Waals surface area contributed by atoms with Crippen LogP contribution in [-0.2, 0) is 10.2 Å². The van der Waals surface area contributed by atoms with E-state index in [2.05, 4.69) is 67.9 Å². The number of amides is 1. The first-order valence-corrected chi connectivity index (χ1v) is 12.0. The van der Waals surface area contributed by atoms with Gasteiger partial charge in [-0.15, -0.1) is 10.2 Å². The monoisotopic (exact) mass is 428 g/mol. The van der Waals surface area contributed by atoms with Gasteiger partial charge in [0.1, 0.15) is 0 Å². The molecule has 7 heteroatoms. The van der Waals surface area contributed by atoms with E-state index in [1.54, 1.807) is 0 Å². The predicted octanol–water partition coefficient (Wildman–Crippen LogP) is 4.29. The van der Waals surface area contributed by atoms with Gasteiger partial charge in [-0.3, -0.25) is 4.79 Å². The standard InChI is InChI=1S/C25H28N6O/c1-14(20-13-26-21-4-2-3-19(23(20)21)16-5-6-16)7-22(32)31-17-8-15-9-18(31)12-25(10-15,11-17)24-27-29-30-28-24/h2-4,11,13-16,18,26H,5-10,12H2,1H3,(H,27,28,29,30). The van der Waals surface area contributed by atoms with Crippen LogP contribution < -0.4 is 0 Å². The van der Waals surface area contributed by atoms with Crippen molar-refractivity contribution in [2.24, 2.45) is 5.92 Å². The summed E-state index contributed by atoms with van der Waals surface area (Å²) in [6, 6.07) is 6.84. The molecule has 5 aliphatic rings. The van der Waals surface area contributed by atoms with Crippen LogP contribution in [0.25, 0.3) is 10.9 Å². The molecule has 4 unspecified atom stereocenters. The zero-order chi connectivity index (χ0) is 21.4.